The number of anilines is 1. The van der Waals surface area contributed by atoms with Crippen LogP contribution >= 0.6 is 11.6 Å². The summed E-state index contributed by atoms with van der Waals surface area (Å²) in [4.78, 5) is 27.9. The molecule has 220 valence electrons. The molecule has 41 heavy (non-hydrogen) atoms. The van der Waals surface area contributed by atoms with Crippen LogP contribution in [0, 0.1) is 6.92 Å². The minimum atomic E-state index is -4.75. The smallest absolute Gasteiger partial charge is 0.355 e. The highest BCUT2D eigenvalue weighted by Crippen LogP contribution is 2.33. The molecule has 0 bridgehead atoms. The van der Waals surface area contributed by atoms with Gasteiger partial charge in [-0.15, -0.1) is 0 Å². The summed E-state index contributed by atoms with van der Waals surface area (Å²) in [5, 5.41) is 3.01. The molecule has 0 saturated carbocycles. The molecule has 0 saturated heterocycles. The number of nitrogens with one attached hydrogen (secondary N) is 1. The molecule has 0 aliphatic carbocycles. The van der Waals surface area contributed by atoms with Crippen molar-refractivity contribution in [3.8, 4) is 0 Å². The van der Waals surface area contributed by atoms with Gasteiger partial charge in [0.05, 0.1) is 16.1 Å². The first-order valence-electron chi connectivity index (χ1n) is 12.9. The van der Waals surface area contributed by atoms with Crippen molar-refractivity contribution in [2.24, 2.45) is 0 Å². The number of likely N-dealkylation sites (N-methyl/N-ethyl adjacent to an activating group) is 1. The lowest BCUT2D eigenvalue weighted by atomic mass is 10.1. The number of benzene rings is 3. The number of nitrogens with zero attached hydrogens (tertiary/aromatic N) is 2. The Kier molecular flexibility index (Phi) is 10.4. The van der Waals surface area contributed by atoms with Crippen LogP contribution in [-0.4, -0.2) is 44.3 Å². The van der Waals surface area contributed by atoms with E-state index in [9.17, 15) is 31.2 Å². The van der Waals surface area contributed by atoms with E-state index in [0.717, 1.165) is 17.7 Å². The summed E-state index contributed by atoms with van der Waals surface area (Å²) in [6.07, 6.45) is -4.56. The van der Waals surface area contributed by atoms with Crippen LogP contribution in [0.4, 0.5) is 18.9 Å². The zero-order valence-corrected chi connectivity index (χ0v) is 24.4. The van der Waals surface area contributed by atoms with Crippen molar-refractivity contribution in [1.29, 1.82) is 0 Å². The molecule has 0 aliphatic rings. The Labute approximate surface area is 243 Å². The molecule has 0 unspecified atom stereocenters. The second-order valence-electron chi connectivity index (χ2n) is 9.30. The normalized spacial score (nSPS) is 12.5. The third kappa shape index (κ3) is 7.80. The van der Waals surface area contributed by atoms with Crippen molar-refractivity contribution >= 4 is 39.1 Å². The molecule has 0 spiro atoms. The first-order valence-corrected chi connectivity index (χ1v) is 14.7. The molecule has 3 aromatic carbocycles. The standard InChI is InChI=1S/C29H31ClF3N3O4S/c1-4-26(28(38)34-5-2)35(18-21-9-6-7-12-25(21)30)27(37)19-36(23-11-8-10-22(17-23)29(31,32)33)41(39,40)24-15-13-20(3)14-16-24/h6-17,26H,4-5,18-19H2,1-3H3,(H,34,38)/t26-/m1/s1. The van der Waals surface area contributed by atoms with Gasteiger partial charge in [-0.05, 0) is 62.2 Å². The monoisotopic (exact) mass is 609 g/mol. The second-order valence-corrected chi connectivity index (χ2v) is 11.6. The van der Waals surface area contributed by atoms with Crippen LogP contribution in [0.5, 0.6) is 0 Å². The molecule has 7 nitrogen and oxygen atoms in total. The summed E-state index contributed by atoms with van der Waals surface area (Å²) >= 11 is 6.34. The van der Waals surface area contributed by atoms with Crippen molar-refractivity contribution in [2.45, 2.75) is 50.9 Å². The zero-order chi connectivity index (χ0) is 30.4. The second kappa shape index (κ2) is 13.4. The summed E-state index contributed by atoms with van der Waals surface area (Å²) in [6, 6.07) is 15.2. The van der Waals surface area contributed by atoms with Gasteiger partial charge in [0.15, 0.2) is 0 Å². The Bertz CT molecular complexity index is 1480. The van der Waals surface area contributed by atoms with Crippen molar-refractivity contribution in [2.75, 3.05) is 17.4 Å². The fraction of sp³-hybridized carbons (Fsp3) is 0.310. The first-order chi connectivity index (χ1) is 19.3. The van der Waals surface area contributed by atoms with E-state index in [2.05, 4.69) is 5.32 Å². The van der Waals surface area contributed by atoms with Crippen LogP contribution in [0.15, 0.2) is 77.7 Å². The van der Waals surface area contributed by atoms with Gasteiger partial charge in [0, 0.05) is 18.1 Å². The van der Waals surface area contributed by atoms with E-state index in [-0.39, 0.29) is 23.5 Å². The maximum absolute atomic E-state index is 13.9. The van der Waals surface area contributed by atoms with Gasteiger partial charge in [-0.3, -0.25) is 13.9 Å². The highest BCUT2D eigenvalue weighted by atomic mass is 35.5. The van der Waals surface area contributed by atoms with Crippen LogP contribution < -0.4 is 9.62 Å². The SMILES string of the molecule is CCNC(=O)[C@@H](CC)N(Cc1ccccc1Cl)C(=O)CN(c1cccc(C(F)(F)F)c1)S(=O)(=O)c1ccc(C)cc1. The van der Waals surface area contributed by atoms with Gasteiger partial charge < -0.3 is 10.2 Å². The lowest BCUT2D eigenvalue weighted by molar-refractivity contribution is -0.140. The fourth-order valence-corrected chi connectivity index (χ4v) is 5.83. The summed E-state index contributed by atoms with van der Waals surface area (Å²) in [6.45, 7) is 4.47. The van der Waals surface area contributed by atoms with E-state index in [0.29, 0.717) is 27.5 Å². The van der Waals surface area contributed by atoms with Crippen molar-refractivity contribution in [1.82, 2.24) is 10.2 Å². The van der Waals surface area contributed by atoms with Gasteiger partial charge in [0.2, 0.25) is 11.8 Å². The Morgan fingerprint density at radius 3 is 2.22 bits per heavy atom. The summed E-state index contributed by atoms with van der Waals surface area (Å²) < 4.78 is 69.0. The number of carbonyl (C=O) groups excluding carboxylic acids is 2. The minimum absolute atomic E-state index is 0.130. The van der Waals surface area contributed by atoms with Crippen LogP contribution in [0.25, 0.3) is 0 Å². The molecule has 1 atom stereocenters. The third-order valence-electron chi connectivity index (χ3n) is 6.38. The highest BCUT2D eigenvalue weighted by Gasteiger charge is 2.36. The summed E-state index contributed by atoms with van der Waals surface area (Å²) in [5.74, 6) is -1.25. The van der Waals surface area contributed by atoms with E-state index in [1.807, 2.05) is 0 Å². The topological polar surface area (TPSA) is 86.8 Å². The molecule has 2 amide bonds. The number of hydrogen-bond acceptors (Lipinski definition) is 4. The Morgan fingerprint density at radius 1 is 0.976 bits per heavy atom. The van der Waals surface area contributed by atoms with Crippen LogP contribution in [0.1, 0.15) is 37.0 Å². The predicted octanol–water partition coefficient (Wildman–Crippen LogP) is 5.81. The quantitative estimate of drug-likeness (QED) is 0.297. The zero-order valence-electron chi connectivity index (χ0n) is 22.8. The lowest BCUT2D eigenvalue weighted by Crippen LogP contribution is -2.52. The first kappa shape index (κ1) is 32.0. The van der Waals surface area contributed by atoms with Crippen molar-refractivity contribution in [3.63, 3.8) is 0 Å². The predicted molar refractivity (Wildman–Crippen MR) is 152 cm³/mol. The van der Waals surface area contributed by atoms with E-state index in [1.54, 1.807) is 57.2 Å². The van der Waals surface area contributed by atoms with Gasteiger partial charge >= 0.3 is 6.18 Å². The van der Waals surface area contributed by atoms with E-state index >= 15 is 0 Å². The molecule has 0 heterocycles. The van der Waals surface area contributed by atoms with Crippen molar-refractivity contribution < 1.29 is 31.2 Å². The van der Waals surface area contributed by atoms with Crippen LogP contribution in [0.2, 0.25) is 5.02 Å². The maximum atomic E-state index is 13.9. The van der Waals surface area contributed by atoms with Gasteiger partial charge in [0.1, 0.15) is 12.6 Å². The molecule has 3 rings (SSSR count). The molecule has 3 aromatic rings. The Morgan fingerprint density at radius 2 is 1.63 bits per heavy atom. The molecule has 0 radical (unpaired) electrons. The van der Waals surface area contributed by atoms with Gasteiger partial charge in [-0.1, -0.05) is 60.5 Å². The summed E-state index contributed by atoms with van der Waals surface area (Å²) in [5.41, 5.74) is -0.146. The molecule has 12 heteroatoms. The van der Waals surface area contributed by atoms with Gasteiger partial charge in [0.25, 0.3) is 10.0 Å². The molecular formula is C29H31ClF3N3O4S. The molecule has 0 fully saturated rings. The van der Waals surface area contributed by atoms with Crippen LogP contribution in [0.3, 0.4) is 0 Å². The van der Waals surface area contributed by atoms with Crippen molar-refractivity contribution in [3.05, 3.63) is 94.5 Å². The van der Waals surface area contributed by atoms with E-state index in [4.69, 9.17) is 11.6 Å². The number of aryl methyl sites for hydroxylation is 1. The molecule has 0 aromatic heterocycles. The Balaban J connectivity index is 2.13. The van der Waals surface area contributed by atoms with E-state index in [1.165, 1.54) is 23.1 Å². The fourth-order valence-electron chi connectivity index (χ4n) is 4.23. The minimum Gasteiger partial charge on any atom is -0.355 e. The number of halogens is 4. The number of carbonyl (C=O) groups is 2. The number of alkyl halides is 3. The number of rotatable bonds is 11. The van der Waals surface area contributed by atoms with Gasteiger partial charge in [-0.2, -0.15) is 13.2 Å². The van der Waals surface area contributed by atoms with E-state index < -0.39 is 46.2 Å². The molecule has 1 N–H and O–H groups in total. The number of amides is 2. The average Bonchev–Trinajstić information content (AvgIpc) is 2.92. The third-order valence-corrected chi connectivity index (χ3v) is 8.54. The number of hydrogen-bond donors (Lipinski definition) is 1. The summed E-state index contributed by atoms with van der Waals surface area (Å²) in [7, 11) is -4.51. The average molecular weight is 610 g/mol. The molecule has 0 aliphatic heterocycles. The maximum Gasteiger partial charge on any atom is 0.416 e. The van der Waals surface area contributed by atoms with Crippen LogP contribution in [-0.2, 0) is 32.3 Å². The largest absolute Gasteiger partial charge is 0.416 e. The number of sulfonamides is 1. The molecular weight excluding hydrogens is 579 g/mol. The Hall–Kier alpha value is -3.57. The lowest BCUT2D eigenvalue weighted by Gasteiger charge is -2.33. The van der Waals surface area contributed by atoms with Gasteiger partial charge in [-0.25, -0.2) is 8.42 Å². The highest BCUT2D eigenvalue weighted by molar-refractivity contribution is 7.92.